The number of anilines is 1. The van der Waals surface area contributed by atoms with E-state index in [9.17, 15) is 0 Å². The third-order valence-electron chi connectivity index (χ3n) is 5.69. The van der Waals surface area contributed by atoms with E-state index in [0.717, 1.165) is 43.6 Å². The minimum absolute atomic E-state index is 0.550. The lowest BCUT2D eigenvalue weighted by Gasteiger charge is -2.39. The van der Waals surface area contributed by atoms with Crippen LogP contribution >= 0.6 is 11.8 Å². The van der Waals surface area contributed by atoms with Crippen molar-refractivity contribution in [3.05, 3.63) is 72.8 Å². The van der Waals surface area contributed by atoms with E-state index in [2.05, 4.69) is 53.4 Å². The first-order valence-corrected chi connectivity index (χ1v) is 10.3. The summed E-state index contributed by atoms with van der Waals surface area (Å²) in [5, 5.41) is 3.59. The number of ether oxygens (including phenoxy) is 2. The number of aliphatic imine (C=N–C) groups is 1. The van der Waals surface area contributed by atoms with Crippen LogP contribution in [-0.2, 0) is 4.74 Å². The highest BCUT2D eigenvalue weighted by molar-refractivity contribution is 8.02. The zero-order chi connectivity index (χ0) is 19.6. The summed E-state index contributed by atoms with van der Waals surface area (Å²) >= 11 is 1.63. The minimum Gasteiger partial charge on any atom is -0.479 e. The van der Waals surface area contributed by atoms with Gasteiger partial charge < -0.3 is 14.4 Å². The van der Waals surface area contributed by atoms with Crippen LogP contribution in [0.5, 0.6) is 5.75 Å². The Balaban J connectivity index is 1.68. The topological polar surface area (TPSA) is 34.1 Å². The number of likely N-dealkylation sites (N-methyl/N-ethyl adjacent to an activating group) is 1. The molecule has 0 amide bonds. The first-order valence-electron chi connectivity index (χ1n) is 9.50. The van der Waals surface area contributed by atoms with Crippen LogP contribution in [-0.4, -0.2) is 25.1 Å². The van der Waals surface area contributed by atoms with Crippen molar-refractivity contribution in [2.45, 2.75) is 9.95 Å². The Bertz CT molecular complexity index is 1330. The zero-order valence-corrected chi connectivity index (χ0v) is 16.9. The maximum atomic E-state index is 6.83. The van der Waals surface area contributed by atoms with Crippen LogP contribution in [0, 0.1) is 0 Å². The lowest BCUT2D eigenvalue weighted by molar-refractivity contribution is 0.196. The van der Waals surface area contributed by atoms with E-state index in [4.69, 9.17) is 14.5 Å². The van der Waals surface area contributed by atoms with Gasteiger partial charge in [-0.3, -0.25) is 0 Å². The summed E-state index contributed by atoms with van der Waals surface area (Å²) in [6, 6.07) is 25.0. The summed E-state index contributed by atoms with van der Waals surface area (Å²) in [5.41, 5.74) is 1.93. The fourth-order valence-corrected chi connectivity index (χ4v) is 5.64. The molecule has 0 N–H and O–H groups in total. The fraction of sp³-hybridized carbons (Fsp3) is 0.125. The van der Waals surface area contributed by atoms with Crippen LogP contribution < -0.4 is 9.64 Å². The highest BCUT2D eigenvalue weighted by Crippen LogP contribution is 2.56. The van der Waals surface area contributed by atoms with Gasteiger partial charge in [-0.2, -0.15) is 0 Å². The van der Waals surface area contributed by atoms with Crippen LogP contribution in [0.4, 0.5) is 11.4 Å². The molecule has 2 heterocycles. The molecular weight excluding hydrogens is 380 g/mol. The van der Waals surface area contributed by atoms with E-state index in [1.54, 1.807) is 18.9 Å². The predicted octanol–water partition coefficient (Wildman–Crippen LogP) is 5.96. The quantitative estimate of drug-likeness (QED) is 0.342. The van der Waals surface area contributed by atoms with Crippen molar-refractivity contribution in [1.29, 1.82) is 0 Å². The van der Waals surface area contributed by atoms with Gasteiger partial charge in [0.15, 0.2) is 5.75 Å². The van der Waals surface area contributed by atoms with Gasteiger partial charge in [-0.25, -0.2) is 4.99 Å². The largest absolute Gasteiger partial charge is 0.479 e. The SMILES string of the molecule is COC1=Nc2c(c3ccccc3c3ccccc23)O[C@]12Sc1ccccc1N2C. The second-order valence-electron chi connectivity index (χ2n) is 7.20. The van der Waals surface area contributed by atoms with Crippen LogP contribution in [0.1, 0.15) is 0 Å². The van der Waals surface area contributed by atoms with Gasteiger partial charge in [-0.05, 0) is 34.7 Å². The maximum Gasteiger partial charge on any atom is 0.313 e. The number of benzene rings is 4. The van der Waals surface area contributed by atoms with E-state index < -0.39 is 5.06 Å². The van der Waals surface area contributed by atoms with Gasteiger partial charge >= 0.3 is 5.06 Å². The number of nitrogens with zero attached hydrogens (tertiary/aromatic N) is 2. The Labute approximate surface area is 172 Å². The highest BCUT2D eigenvalue weighted by atomic mass is 32.2. The van der Waals surface area contributed by atoms with Gasteiger partial charge in [0.1, 0.15) is 5.69 Å². The van der Waals surface area contributed by atoms with E-state index in [1.165, 1.54) is 0 Å². The lowest BCUT2D eigenvalue weighted by Crippen LogP contribution is -2.54. The standard InChI is InChI=1S/C24H18N2O2S/c1-26-19-13-7-8-14-20(19)29-24(26)23(27-2)25-21-17-11-5-3-9-15(17)16-10-4-6-12-18(16)22(21)28-24/h3-14H,1-2H3/t24-/m0/s1. The van der Waals surface area contributed by atoms with Gasteiger partial charge in [0.05, 0.1) is 12.8 Å². The molecule has 4 nitrogen and oxygen atoms in total. The molecule has 0 saturated heterocycles. The minimum atomic E-state index is -0.864. The number of hydrogen-bond acceptors (Lipinski definition) is 5. The van der Waals surface area contributed by atoms with E-state index >= 15 is 0 Å². The van der Waals surface area contributed by atoms with Crippen molar-refractivity contribution in [1.82, 2.24) is 0 Å². The molecule has 0 fully saturated rings. The summed E-state index contributed by atoms with van der Waals surface area (Å²) in [4.78, 5) is 8.28. The monoisotopic (exact) mass is 398 g/mol. The molecule has 0 radical (unpaired) electrons. The first-order chi connectivity index (χ1) is 14.2. The van der Waals surface area contributed by atoms with Crippen molar-refractivity contribution in [3.63, 3.8) is 0 Å². The number of rotatable bonds is 0. The van der Waals surface area contributed by atoms with E-state index in [0.29, 0.717) is 5.90 Å². The first kappa shape index (κ1) is 16.7. The molecule has 142 valence electrons. The van der Waals surface area contributed by atoms with Gasteiger partial charge in [0.25, 0.3) is 5.90 Å². The summed E-state index contributed by atoms with van der Waals surface area (Å²) < 4.78 is 12.6. The second-order valence-corrected chi connectivity index (χ2v) is 8.40. The summed E-state index contributed by atoms with van der Waals surface area (Å²) in [7, 11) is 3.69. The van der Waals surface area contributed by atoms with Gasteiger partial charge in [-0.1, -0.05) is 60.7 Å². The number of para-hydroxylation sites is 1. The molecule has 0 aliphatic carbocycles. The molecule has 6 rings (SSSR count). The van der Waals surface area contributed by atoms with Crippen LogP contribution in [0.2, 0.25) is 0 Å². The molecule has 2 aliphatic rings. The van der Waals surface area contributed by atoms with E-state index in [1.807, 2.05) is 31.3 Å². The molecule has 4 aromatic rings. The van der Waals surface area contributed by atoms with Crippen LogP contribution in [0.15, 0.2) is 82.7 Å². The number of hydrogen-bond donors (Lipinski definition) is 0. The summed E-state index contributed by atoms with van der Waals surface area (Å²) in [6.45, 7) is 0. The molecular formula is C24H18N2O2S. The summed E-state index contributed by atoms with van der Waals surface area (Å²) in [5.74, 6) is 1.35. The molecule has 0 saturated carbocycles. The average Bonchev–Trinajstić information content (AvgIpc) is 3.05. The van der Waals surface area contributed by atoms with Gasteiger partial charge in [0.2, 0.25) is 0 Å². The fourth-order valence-electron chi connectivity index (χ4n) is 4.31. The smallest absolute Gasteiger partial charge is 0.313 e. The Morgan fingerprint density at radius 2 is 1.48 bits per heavy atom. The third-order valence-corrected chi connectivity index (χ3v) is 7.07. The van der Waals surface area contributed by atoms with Crippen molar-refractivity contribution < 1.29 is 9.47 Å². The maximum absolute atomic E-state index is 6.83. The van der Waals surface area contributed by atoms with Crippen molar-refractivity contribution in [3.8, 4) is 5.75 Å². The number of thioether (sulfide) groups is 1. The van der Waals surface area contributed by atoms with Crippen molar-refractivity contribution >= 4 is 50.6 Å². The Morgan fingerprint density at radius 3 is 2.21 bits per heavy atom. The Kier molecular flexibility index (Phi) is 3.41. The zero-order valence-electron chi connectivity index (χ0n) is 16.0. The summed E-state index contributed by atoms with van der Waals surface area (Å²) in [6.07, 6.45) is 0. The average molecular weight is 398 g/mol. The molecule has 1 spiro atoms. The molecule has 5 heteroatoms. The van der Waals surface area contributed by atoms with Gasteiger partial charge in [-0.15, -0.1) is 0 Å². The number of fused-ring (bicyclic) bond motifs is 7. The third kappa shape index (κ3) is 2.13. The molecule has 0 bridgehead atoms. The number of methoxy groups -OCH3 is 1. The Morgan fingerprint density at radius 1 is 0.862 bits per heavy atom. The van der Waals surface area contributed by atoms with E-state index in [-0.39, 0.29) is 0 Å². The molecule has 0 aromatic heterocycles. The lowest BCUT2D eigenvalue weighted by atomic mass is 9.98. The normalized spacial score (nSPS) is 19.8. The van der Waals surface area contributed by atoms with Crippen LogP contribution in [0.25, 0.3) is 21.5 Å². The van der Waals surface area contributed by atoms with Crippen molar-refractivity contribution in [2.75, 3.05) is 19.1 Å². The van der Waals surface area contributed by atoms with Crippen molar-refractivity contribution in [2.24, 2.45) is 4.99 Å². The molecule has 1 atom stereocenters. The molecule has 0 unspecified atom stereocenters. The molecule has 2 aliphatic heterocycles. The predicted molar refractivity (Wildman–Crippen MR) is 120 cm³/mol. The highest BCUT2D eigenvalue weighted by Gasteiger charge is 2.54. The molecule has 29 heavy (non-hydrogen) atoms. The Hall–Kier alpha value is -3.18. The van der Waals surface area contributed by atoms with Gasteiger partial charge in [0, 0.05) is 22.7 Å². The van der Waals surface area contributed by atoms with Crippen LogP contribution in [0.3, 0.4) is 0 Å². The second kappa shape index (κ2) is 5.91. The molecule has 4 aromatic carbocycles.